The van der Waals surface area contributed by atoms with E-state index in [9.17, 15) is 18.3 Å². The molecule has 0 saturated heterocycles. The highest BCUT2D eigenvalue weighted by molar-refractivity contribution is 5.84. The average Bonchev–Trinajstić information content (AvgIpc) is 2.48. The number of aromatic hydroxyl groups is 1. The Morgan fingerprint density at radius 2 is 1.82 bits per heavy atom. The van der Waals surface area contributed by atoms with Crippen LogP contribution in [0.1, 0.15) is 11.1 Å². The molecular weight excluding hydrogens is 297 g/mol. The number of hydrogen-bond acceptors (Lipinski definition) is 4. The van der Waals surface area contributed by atoms with Crippen LogP contribution < -0.4 is 10.2 Å². The molecule has 0 radical (unpaired) electrons. The molecule has 0 unspecified atom stereocenters. The van der Waals surface area contributed by atoms with Crippen molar-refractivity contribution in [2.24, 2.45) is 5.10 Å². The Bertz CT molecular complexity index is 667. The van der Waals surface area contributed by atoms with Gasteiger partial charge in [0.2, 0.25) is 0 Å². The molecule has 116 valence electrons. The van der Waals surface area contributed by atoms with Crippen molar-refractivity contribution in [3.8, 4) is 11.5 Å². The Morgan fingerprint density at radius 3 is 2.36 bits per heavy atom. The van der Waals surface area contributed by atoms with E-state index in [1.165, 1.54) is 31.5 Å². The second kappa shape index (κ2) is 6.38. The first kappa shape index (κ1) is 15.7. The summed E-state index contributed by atoms with van der Waals surface area (Å²) in [7, 11) is 1.48. The Hall–Kier alpha value is -2.70. The summed E-state index contributed by atoms with van der Waals surface area (Å²) in [6.07, 6.45) is -3.01. The number of rotatable bonds is 4. The van der Waals surface area contributed by atoms with Crippen molar-refractivity contribution < 1.29 is 23.0 Å². The highest BCUT2D eigenvalue weighted by atomic mass is 19.4. The predicted molar refractivity (Wildman–Crippen MR) is 77.3 cm³/mol. The summed E-state index contributed by atoms with van der Waals surface area (Å²) in [4.78, 5) is 0. The molecule has 0 bridgehead atoms. The van der Waals surface area contributed by atoms with E-state index in [0.717, 1.165) is 12.1 Å². The number of benzene rings is 2. The van der Waals surface area contributed by atoms with E-state index in [1.807, 2.05) is 0 Å². The van der Waals surface area contributed by atoms with Gasteiger partial charge in [0.05, 0.1) is 24.6 Å². The molecule has 0 aliphatic rings. The van der Waals surface area contributed by atoms with Gasteiger partial charge >= 0.3 is 6.18 Å². The fourth-order valence-corrected chi connectivity index (χ4v) is 1.67. The molecule has 2 aromatic rings. The van der Waals surface area contributed by atoms with Gasteiger partial charge in [0.1, 0.15) is 11.5 Å². The SMILES string of the molecule is COc1ccc(/C=N/Nc2ccc(C(F)(F)F)cc2)c(O)c1. The quantitative estimate of drug-likeness (QED) is 0.666. The largest absolute Gasteiger partial charge is 0.507 e. The summed E-state index contributed by atoms with van der Waals surface area (Å²) in [6, 6.07) is 9.15. The second-order valence-electron chi connectivity index (χ2n) is 4.37. The number of methoxy groups -OCH3 is 1. The van der Waals surface area contributed by atoms with Crippen molar-refractivity contribution in [1.29, 1.82) is 0 Å². The molecule has 4 nitrogen and oxygen atoms in total. The van der Waals surface area contributed by atoms with Crippen molar-refractivity contribution >= 4 is 11.9 Å². The first-order valence-electron chi connectivity index (χ1n) is 6.23. The summed E-state index contributed by atoms with van der Waals surface area (Å²) in [5.74, 6) is 0.489. The summed E-state index contributed by atoms with van der Waals surface area (Å²) in [5.41, 5.74) is 2.71. The van der Waals surface area contributed by atoms with Crippen molar-refractivity contribution in [2.45, 2.75) is 6.18 Å². The van der Waals surface area contributed by atoms with Gasteiger partial charge in [0.15, 0.2) is 0 Å². The highest BCUT2D eigenvalue weighted by Gasteiger charge is 2.29. The predicted octanol–water partition coefficient (Wildman–Crippen LogP) is 3.87. The minimum atomic E-state index is -4.36. The number of hydrazone groups is 1. The van der Waals surface area contributed by atoms with Crippen LogP contribution in [0.2, 0.25) is 0 Å². The summed E-state index contributed by atoms with van der Waals surface area (Å²) in [5, 5.41) is 13.6. The third kappa shape index (κ3) is 3.91. The zero-order chi connectivity index (χ0) is 16.2. The number of ether oxygens (including phenoxy) is 1. The molecule has 0 aliphatic carbocycles. The molecule has 2 aromatic carbocycles. The number of alkyl halides is 3. The van der Waals surface area contributed by atoms with Crippen LogP contribution in [0, 0.1) is 0 Å². The van der Waals surface area contributed by atoms with Crippen LogP contribution in [0.5, 0.6) is 11.5 Å². The first-order chi connectivity index (χ1) is 10.4. The van der Waals surface area contributed by atoms with Gasteiger partial charge in [-0.3, -0.25) is 5.43 Å². The van der Waals surface area contributed by atoms with Gasteiger partial charge in [-0.1, -0.05) is 0 Å². The van der Waals surface area contributed by atoms with E-state index in [4.69, 9.17) is 4.74 Å². The van der Waals surface area contributed by atoms with Crippen LogP contribution in [0.25, 0.3) is 0 Å². The van der Waals surface area contributed by atoms with Crippen molar-refractivity contribution in [1.82, 2.24) is 0 Å². The first-order valence-corrected chi connectivity index (χ1v) is 6.23. The maximum atomic E-state index is 12.4. The lowest BCUT2D eigenvalue weighted by atomic mass is 10.2. The maximum absolute atomic E-state index is 12.4. The van der Waals surface area contributed by atoms with Gasteiger partial charge in [-0.05, 0) is 36.4 Å². The van der Waals surface area contributed by atoms with Crippen molar-refractivity contribution in [3.05, 3.63) is 53.6 Å². The van der Waals surface area contributed by atoms with Gasteiger partial charge in [-0.25, -0.2) is 0 Å². The monoisotopic (exact) mass is 310 g/mol. The van der Waals surface area contributed by atoms with Crippen LogP contribution in [-0.4, -0.2) is 18.4 Å². The Kier molecular flexibility index (Phi) is 4.55. The van der Waals surface area contributed by atoms with Crippen molar-refractivity contribution in [3.63, 3.8) is 0 Å². The molecule has 0 fully saturated rings. The topological polar surface area (TPSA) is 53.8 Å². The molecule has 0 aliphatic heterocycles. The fraction of sp³-hybridized carbons (Fsp3) is 0.133. The molecular formula is C15H13F3N2O2. The van der Waals surface area contributed by atoms with E-state index in [-0.39, 0.29) is 5.75 Å². The normalized spacial score (nSPS) is 11.6. The number of nitrogens with one attached hydrogen (secondary N) is 1. The maximum Gasteiger partial charge on any atom is 0.416 e. The Labute approximate surface area is 124 Å². The molecule has 22 heavy (non-hydrogen) atoms. The molecule has 2 N–H and O–H groups in total. The minimum Gasteiger partial charge on any atom is -0.507 e. The number of phenolic OH excluding ortho intramolecular Hbond substituents is 1. The van der Waals surface area contributed by atoms with E-state index >= 15 is 0 Å². The van der Waals surface area contributed by atoms with Crippen LogP contribution in [0.4, 0.5) is 18.9 Å². The lowest BCUT2D eigenvalue weighted by Crippen LogP contribution is -2.04. The molecule has 0 heterocycles. The zero-order valence-electron chi connectivity index (χ0n) is 11.6. The molecule has 0 aromatic heterocycles. The second-order valence-corrected chi connectivity index (χ2v) is 4.37. The molecule has 7 heteroatoms. The number of hydrogen-bond donors (Lipinski definition) is 2. The lowest BCUT2D eigenvalue weighted by molar-refractivity contribution is -0.137. The van der Waals surface area contributed by atoms with Gasteiger partial charge in [0.25, 0.3) is 0 Å². The standard InChI is InChI=1S/C15H13F3N2O2/c1-22-13-7-2-10(14(21)8-13)9-19-20-12-5-3-11(4-6-12)15(16,17)18/h2-9,20-21H,1H3/b19-9+. The number of phenols is 1. The van der Waals surface area contributed by atoms with Crippen LogP contribution >= 0.6 is 0 Å². The summed E-state index contributed by atoms with van der Waals surface area (Å²) >= 11 is 0. The third-order valence-electron chi connectivity index (χ3n) is 2.85. The van der Waals surface area contributed by atoms with Gasteiger partial charge in [0, 0.05) is 11.6 Å². The smallest absolute Gasteiger partial charge is 0.416 e. The third-order valence-corrected chi connectivity index (χ3v) is 2.85. The van der Waals surface area contributed by atoms with E-state index in [0.29, 0.717) is 17.0 Å². The Morgan fingerprint density at radius 1 is 1.14 bits per heavy atom. The van der Waals surface area contributed by atoms with Gasteiger partial charge < -0.3 is 9.84 Å². The fourth-order valence-electron chi connectivity index (χ4n) is 1.67. The molecule has 0 atom stereocenters. The molecule has 2 rings (SSSR count). The van der Waals surface area contributed by atoms with Crippen LogP contribution in [-0.2, 0) is 6.18 Å². The van der Waals surface area contributed by atoms with Crippen LogP contribution in [0.3, 0.4) is 0 Å². The molecule has 0 amide bonds. The Balaban J connectivity index is 2.03. The molecule has 0 spiro atoms. The van der Waals surface area contributed by atoms with Gasteiger partial charge in [-0.15, -0.1) is 0 Å². The average molecular weight is 310 g/mol. The van der Waals surface area contributed by atoms with Gasteiger partial charge in [-0.2, -0.15) is 18.3 Å². The number of anilines is 1. The molecule has 0 saturated carbocycles. The minimum absolute atomic E-state index is 0.0164. The number of halogens is 3. The summed E-state index contributed by atoms with van der Waals surface area (Å²) in [6.45, 7) is 0. The number of nitrogens with zero attached hydrogens (tertiary/aromatic N) is 1. The van der Waals surface area contributed by atoms with E-state index in [2.05, 4.69) is 10.5 Å². The van der Waals surface area contributed by atoms with E-state index < -0.39 is 11.7 Å². The highest BCUT2D eigenvalue weighted by Crippen LogP contribution is 2.29. The van der Waals surface area contributed by atoms with Crippen molar-refractivity contribution in [2.75, 3.05) is 12.5 Å². The zero-order valence-corrected chi connectivity index (χ0v) is 11.6. The van der Waals surface area contributed by atoms with E-state index in [1.54, 1.807) is 12.1 Å². The van der Waals surface area contributed by atoms with Crippen LogP contribution in [0.15, 0.2) is 47.6 Å². The summed E-state index contributed by atoms with van der Waals surface area (Å²) < 4.78 is 42.2. The lowest BCUT2D eigenvalue weighted by Gasteiger charge is -2.07.